The number of carbonyl (C=O) groups is 2. The van der Waals surface area contributed by atoms with E-state index in [1.54, 1.807) is 35.5 Å². The van der Waals surface area contributed by atoms with Crippen LogP contribution >= 0.6 is 0 Å². The largest absolute Gasteiger partial charge is 0.550 e. The van der Waals surface area contributed by atoms with Gasteiger partial charge in [-0.2, -0.15) is 0 Å². The van der Waals surface area contributed by atoms with Crippen molar-refractivity contribution in [3.05, 3.63) is 41.0 Å². The molecule has 0 bridgehead atoms. The number of aliphatic carboxylic acids is 1. The first-order chi connectivity index (χ1) is 20.2. The number of benzene rings is 2. The van der Waals surface area contributed by atoms with Crippen LogP contribution in [-0.2, 0) is 20.7 Å². The van der Waals surface area contributed by atoms with E-state index in [0.29, 0.717) is 65.5 Å². The zero-order chi connectivity index (χ0) is 30.7. The molecule has 42 heavy (non-hydrogen) atoms. The summed E-state index contributed by atoms with van der Waals surface area (Å²) < 4.78 is 34.5. The molecule has 0 amide bonds. The minimum atomic E-state index is -1.03. The molecule has 0 spiro atoms. The Morgan fingerprint density at radius 1 is 0.786 bits per heavy atom. The minimum absolute atomic E-state index is 0.0589. The molecule has 1 aliphatic heterocycles. The average molecular weight is 588 g/mol. The molecular weight excluding hydrogens is 542 g/mol. The number of ether oxygens (including phenoxy) is 6. The lowest BCUT2D eigenvalue weighted by atomic mass is 9.85. The van der Waals surface area contributed by atoms with E-state index in [1.165, 1.54) is 5.56 Å². The highest BCUT2D eigenvalue weighted by Gasteiger charge is 2.41. The van der Waals surface area contributed by atoms with E-state index in [-0.39, 0.29) is 18.4 Å². The molecule has 10 heteroatoms. The van der Waals surface area contributed by atoms with E-state index < -0.39 is 5.97 Å². The summed E-state index contributed by atoms with van der Waals surface area (Å²) in [4.78, 5) is 22.8. The standard InChI is InChI=1S/C32H45NO9/c1-33(15-11-17-42-30(36)13-10-8-7-9-12-29(34)35)16-14-22-18-25(37-2)26(38-3)21-24(22)31(33)23-19-27(39-4)32(41-6)28(20-23)40-5/h18-21,31H,7-17H2,1-6H3/t31-,33-/m1/s1. The molecule has 0 radical (unpaired) electrons. The Bertz CT molecular complexity index is 1190. The summed E-state index contributed by atoms with van der Waals surface area (Å²) in [7, 11) is 10.3. The smallest absolute Gasteiger partial charge is 0.305 e. The normalized spacial score (nSPS) is 17.6. The number of likely N-dealkylation sites (N-methyl/N-ethyl adjacent to an activating group) is 1. The van der Waals surface area contributed by atoms with Crippen LogP contribution in [0, 0.1) is 0 Å². The molecule has 2 aromatic rings. The Morgan fingerprint density at radius 3 is 1.95 bits per heavy atom. The van der Waals surface area contributed by atoms with Crippen molar-refractivity contribution in [3.8, 4) is 28.7 Å². The van der Waals surface area contributed by atoms with Gasteiger partial charge in [0.2, 0.25) is 5.75 Å². The van der Waals surface area contributed by atoms with Gasteiger partial charge >= 0.3 is 5.97 Å². The molecule has 3 rings (SSSR count). The van der Waals surface area contributed by atoms with E-state index in [4.69, 9.17) is 28.4 Å². The van der Waals surface area contributed by atoms with Crippen LogP contribution in [0.5, 0.6) is 28.7 Å². The van der Waals surface area contributed by atoms with Gasteiger partial charge in [0.15, 0.2) is 23.0 Å². The Hall–Kier alpha value is -3.66. The lowest BCUT2D eigenvalue weighted by Gasteiger charge is -2.46. The first-order valence-electron chi connectivity index (χ1n) is 14.5. The summed E-state index contributed by atoms with van der Waals surface area (Å²) >= 11 is 0. The molecule has 0 unspecified atom stereocenters. The Balaban J connectivity index is 1.80. The lowest BCUT2D eigenvalue weighted by Crippen LogP contribution is -2.52. The molecule has 232 valence electrons. The van der Waals surface area contributed by atoms with Gasteiger partial charge in [-0.05, 0) is 49.1 Å². The number of unbranched alkanes of at least 4 members (excludes halogenated alkanes) is 3. The van der Waals surface area contributed by atoms with Crippen molar-refractivity contribution in [1.82, 2.24) is 0 Å². The zero-order valence-electron chi connectivity index (χ0n) is 25.8. The van der Waals surface area contributed by atoms with Gasteiger partial charge in [-0.25, -0.2) is 0 Å². The number of hydrogen-bond donors (Lipinski definition) is 0. The highest BCUT2D eigenvalue weighted by molar-refractivity contribution is 5.69. The topological polar surface area (TPSA) is 113 Å². The highest BCUT2D eigenvalue weighted by atomic mass is 16.5. The fourth-order valence-electron chi connectivity index (χ4n) is 5.86. The molecular formula is C32H45NO9. The summed E-state index contributed by atoms with van der Waals surface area (Å²) in [6.45, 7) is 1.97. The van der Waals surface area contributed by atoms with Crippen LogP contribution in [0.15, 0.2) is 24.3 Å². The number of carboxylic acids is 1. The number of quaternary nitrogens is 1. The van der Waals surface area contributed by atoms with Gasteiger partial charge in [-0.15, -0.1) is 0 Å². The maximum atomic E-state index is 12.3. The first-order valence-corrected chi connectivity index (χ1v) is 14.5. The van der Waals surface area contributed by atoms with Crippen molar-refractivity contribution < 1.29 is 47.6 Å². The molecule has 0 saturated heterocycles. The summed E-state index contributed by atoms with van der Waals surface area (Å²) in [6, 6.07) is 8.04. The molecule has 0 aromatic heterocycles. The minimum Gasteiger partial charge on any atom is -0.550 e. The second-order valence-corrected chi connectivity index (χ2v) is 10.8. The van der Waals surface area contributed by atoms with Gasteiger partial charge in [0.05, 0.1) is 62.3 Å². The molecule has 2 aromatic carbocycles. The third-order valence-corrected chi connectivity index (χ3v) is 8.05. The molecule has 0 fully saturated rings. The number of carbonyl (C=O) groups excluding carboxylic acids is 2. The van der Waals surface area contributed by atoms with Crippen LogP contribution in [0.25, 0.3) is 0 Å². The van der Waals surface area contributed by atoms with Gasteiger partial charge in [-0.3, -0.25) is 4.79 Å². The number of esters is 1. The predicted octanol–water partition coefficient (Wildman–Crippen LogP) is 3.85. The van der Waals surface area contributed by atoms with Crippen LogP contribution in [0.1, 0.15) is 67.7 Å². The second-order valence-electron chi connectivity index (χ2n) is 10.8. The molecule has 1 aliphatic rings. The SMILES string of the molecule is COc1cc2c(cc1OC)[C@@H](c1cc(OC)c(OC)c(OC)c1)[N@+](C)(CCCOC(=O)CCCCCCC(=O)[O-])CC2. The van der Waals surface area contributed by atoms with Crippen molar-refractivity contribution >= 4 is 11.9 Å². The van der Waals surface area contributed by atoms with Gasteiger partial charge in [0, 0.05) is 36.4 Å². The Kier molecular flexibility index (Phi) is 12.2. The van der Waals surface area contributed by atoms with Gasteiger partial charge in [0.1, 0.15) is 6.04 Å². The van der Waals surface area contributed by atoms with Crippen molar-refractivity contribution in [2.24, 2.45) is 0 Å². The maximum Gasteiger partial charge on any atom is 0.305 e. The monoisotopic (exact) mass is 587 g/mol. The molecule has 0 N–H and O–H groups in total. The predicted molar refractivity (Wildman–Crippen MR) is 155 cm³/mol. The highest BCUT2D eigenvalue weighted by Crippen LogP contribution is 2.48. The third kappa shape index (κ3) is 8.00. The van der Waals surface area contributed by atoms with E-state index in [0.717, 1.165) is 43.5 Å². The summed E-state index contributed by atoms with van der Waals surface area (Å²) in [6.07, 6.45) is 4.75. The molecule has 10 nitrogen and oxygen atoms in total. The second kappa shape index (κ2) is 15.5. The quantitative estimate of drug-likeness (QED) is 0.155. The van der Waals surface area contributed by atoms with Crippen LogP contribution in [0.2, 0.25) is 0 Å². The molecule has 1 heterocycles. The van der Waals surface area contributed by atoms with Crippen molar-refractivity contribution in [2.45, 2.75) is 57.4 Å². The summed E-state index contributed by atoms with van der Waals surface area (Å²) in [5, 5.41) is 10.5. The first kappa shape index (κ1) is 32.8. The lowest BCUT2D eigenvalue weighted by molar-refractivity contribution is -0.935. The van der Waals surface area contributed by atoms with E-state index >= 15 is 0 Å². The summed E-state index contributed by atoms with van der Waals surface area (Å²) in [5.41, 5.74) is 3.33. The van der Waals surface area contributed by atoms with Crippen molar-refractivity contribution in [1.29, 1.82) is 0 Å². The van der Waals surface area contributed by atoms with E-state index in [2.05, 4.69) is 19.2 Å². The van der Waals surface area contributed by atoms with Gasteiger partial charge in [-0.1, -0.05) is 12.8 Å². The van der Waals surface area contributed by atoms with E-state index in [1.807, 2.05) is 12.1 Å². The molecule has 0 saturated carbocycles. The fraction of sp³-hybridized carbons (Fsp3) is 0.562. The van der Waals surface area contributed by atoms with Crippen molar-refractivity contribution in [3.63, 3.8) is 0 Å². The van der Waals surface area contributed by atoms with Gasteiger partial charge < -0.3 is 42.8 Å². The Morgan fingerprint density at radius 2 is 1.38 bits per heavy atom. The number of hydrogen-bond acceptors (Lipinski definition) is 9. The molecule has 2 atom stereocenters. The van der Waals surface area contributed by atoms with Gasteiger partial charge in [0.25, 0.3) is 0 Å². The van der Waals surface area contributed by atoms with Crippen molar-refractivity contribution in [2.75, 3.05) is 62.3 Å². The molecule has 0 aliphatic carbocycles. The maximum absolute atomic E-state index is 12.3. The number of nitrogens with zero attached hydrogens (tertiary/aromatic N) is 1. The number of rotatable bonds is 17. The van der Waals surface area contributed by atoms with Crippen LogP contribution < -0.4 is 28.8 Å². The van der Waals surface area contributed by atoms with E-state index in [9.17, 15) is 14.7 Å². The average Bonchev–Trinajstić information content (AvgIpc) is 2.99. The van der Waals surface area contributed by atoms with Crippen LogP contribution in [0.3, 0.4) is 0 Å². The fourth-order valence-corrected chi connectivity index (χ4v) is 5.86. The number of carboxylic acid groups (broad SMARTS) is 1. The summed E-state index contributed by atoms with van der Waals surface area (Å²) in [5.74, 6) is 1.80. The van der Waals surface area contributed by atoms with Crippen LogP contribution in [-0.4, -0.2) is 78.7 Å². The Labute approximate surface area is 249 Å². The number of fused-ring (bicyclic) bond motifs is 1. The zero-order valence-corrected chi connectivity index (χ0v) is 25.8. The van der Waals surface area contributed by atoms with Crippen LogP contribution in [0.4, 0.5) is 0 Å². The number of methoxy groups -OCH3 is 5. The third-order valence-electron chi connectivity index (χ3n) is 8.05.